The first kappa shape index (κ1) is 18.8. The summed E-state index contributed by atoms with van der Waals surface area (Å²) in [4.78, 5) is 16.9. The fraction of sp³-hybridized carbons (Fsp3) is 0.0870. The van der Waals surface area contributed by atoms with E-state index in [0.717, 1.165) is 33.7 Å². The van der Waals surface area contributed by atoms with Gasteiger partial charge in [0.15, 0.2) is 0 Å². The zero-order valence-corrected chi connectivity index (χ0v) is 16.9. The van der Waals surface area contributed by atoms with Crippen LogP contribution in [0.4, 0.5) is 5.13 Å². The molecule has 2 aliphatic carbocycles. The summed E-state index contributed by atoms with van der Waals surface area (Å²) < 4.78 is 4.95. The smallest absolute Gasteiger partial charge is 0.338 e. The molecule has 0 atom stereocenters. The largest absolute Gasteiger partial charge is 0.465 e. The number of hydrogen-bond acceptors (Lipinski definition) is 6. The number of fused-ring (bicyclic) bond motifs is 1. The van der Waals surface area contributed by atoms with Crippen molar-refractivity contribution in [2.45, 2.75) is 6.92 Å². The molecule has 0 amide bonds. The second-order valence-electron chi connectivity index (χ2n) is 6.41. The van der Waals surface area contributed by atoms with Crippen LogP contribution in [0.25, 0.3) is 22.4 Å². The summed E-state index contributed by atoms with van der Waals surface area (Å²) in [5, 5.41) is 7.07. The maximum atomic E-state index is 12.2. The summed E-state index contributed by atoms with van der Waals surface area (Å²) in [6.07, 6.45) is 0. The molecule has 144 valence electrons. The fourth-order valence-corrected chi connectivity index (χ4v) is 3.78. The van der Waals surface area contributed by atoms with Crippen LogP contribution < -0.4 is 5.43 Å². The number of anilines is 1. The minimum Gasteiger partial charge on any atom is -0.465 e. The van der Waals surface area contributed by atoms with Gasteiger partial charge in [-0.3, -0.25) is 5.43 Å². The average Bonchev–Trinajstić information content (AvgIpc) is 3.29. The van der Waals surface area contributed by atoms with Gasteiger partial charge in [0.2, 0.25) is 5.13 Å². The molecule has 0 fully saturated rings. The van der Waals surface area contributed by atoms with Crippen LogP contribution in [0.5, 0.6) is 0 Å². The molecule has 1 aromatic heterocycles. The zero-order chi connectivity index (χ0) is 20.2. The molecule has 1 heterocycles. The summed E-state index contributed by atoms with van der Waals surface area (Å²) in [7, 11) is 1.39. The van der Waals surface area contributed by atoms with E-state index in [4.69, 9.17) is 4.74 Å². The summed E-state index contributed by atoms with van der Waals surface area (Å²) in [5.74, 6) is -0.357. The number of hydrogen-bond donors (Lipinski definition) is 1. The molecule has 2 aromatic rings. The van der Waals surface area contributed by atoms with Gasteiger partial charge in [0.25, 0.3) is 0 Å². The van der Waals surface area contributed by atoms with Crippen molar-refractivity contribution in [1.29, 1.82) is 0 Å². The van der Waals surface area contributed by atoms with Crippen LogP contribution in [0.2, 0.25) is 0 Å². The predicted molar refractivity (Wildman–Crippen MR) is 118 cm³/mol. The molecule has 0 unspecified atom stereocenters. The molecular formula is C23H19N3O2S. The molecular weight excluding hydrogens is 382 g/mol. The van der Waals surface area contributed by atoms with E-state index in [1.807, 2.05) is 79.0 Å². The highest BCUT2D eigenvalue weighted by molar-refractivity contribution is 7.14. The van der Waals surface area contributed by atoms with Gasteiger partial charge in [-0.05, 0) is 29.7 Å². The average molecular weight is 401 g/mol. The lowest BCUT2D eigenvalue weighted by atomic mass is 10.1. The monoisotopic (exact) mass is 401 g/mol. The van der Waals surface area contributed by atoms with Gasteiger partial charge in [-0.15, -0.1) is 11.3 Å². The number of nitrogens with one attached hydrogen (secondary N) is 1. The number of aromatic nitrogens is 1. The molecule has 0 spiro atoms. The molecule has 5 nitrogen and oxygen atoms in total. The van der Waals surface area contributed by atoms with E-state index in [-0.39, 0.29) is 5.97 Å². The molecule has 0 saturated heterocycles. The van der Waals surface area contributed by atoms with E-state index in [1.165, 1.54) is 18.4 Å². The Hall–Kier alpha value is -3.51. The van der Waals surface area contributed by atoms with Gasteiger partial charge in [-0.2, -0.15) is 5.10 Å². The Morgan fingerprint density at radius 2 is 1.69 bits per heavy atom. The van der Waals surface area contributed by atoms with E-state index >= 15 is 0 Å². The topological polar surface area (TPSA) is 63.6 Å². The Morgan fingerprint density at radius 3 is 2.41 bits per heavy atom. The Balaban J connectivity index is 1.65. The Labute approximate surface area is 173 Å². The third-order valence-electron chi connectivity index (χ3n) is 4.60. The fourth-order valence-electron chi connectivity index (χ4n) is 3.13. The Kier molecular flexibility index (Phi) is 5.35. The van der Waals surface area contributed by atoms with Crippen LogP contribution in [0.3, 0.4) is 0 Å². The minimum atomic E-state index is -0.357. The summed E-state index contributed by atoms with van der Waals surface area (Å²) in [6.45, 7) is 1.95. The number of nitrogens with zero attached hydrogens (tertiary/aromatic N) is 2. The molecule has 6 heteroatoms. The first-order valence-corrected chi connectivity index (χ1v) is 9.97. The van der Waals surface area contributed by atoms with Gasteiger partial charge >= 0.3 is 5.97 Å². The molecule has 0 aliphatic heterocycles. The van der Waals surface area contributed by atoms with Crippen molar-refractivity contribution in [2.75, 3.05) is 12.5 Å². The molecule has 1 N–H and O–H groups in total. The van der Waals surface area contributed by atoms with E-state index in [1.54, 1.807) is 0 Å². The highest BCUT2D eigenvalue weighted by atomic mass is 32.1. The number of carbonyl (C=O) groups is 1. The Morgan fingerprint density at radius 1 is 1.00 bits per heavy atom. The highest BCUT2D eigenvalue weighted by Gasteiger charge is 2.22. The maximum Gasteiger partial charge on any atom is 0.338 e. The van der Waals surface area contributed by atoms with Crippen LogP contribution in [0.1, 0.15) is 22.8 Å². The van der Waals surface area contributed by atoms with Crippen LogP contribution in [-0.4, -0.2) is 23.8 Å². The second kappa shape index (κ2) is 8.24. The van der Waals surface area contributed by atoms with Crippen molar-refractivity contribution < 1.29 is 9.53 Å². The molecule has 1 aromatic carbocycles. The normalized spacial score (nSPS) is 11.4. The first-order valence-electron chi connectivity index (χ1n) is 9.09. The SMILES string of the molecule is COC(=O)c1cc(-c2csc(N/N=C(\C)c3ccccc3)n2)c2cccccc1-2. The lowest BCUT2D eigenvalue weighted by Crippen LogP contribution is -1.99. The summed E-state index contributed by atoms with van der Waals surface area (Å²) in [5.41, 5.74) is 8.98. The van der Waals surface area contributed by atoms with Crippen molar-refractivity contribution >= 4 is 28.1 Å². The molecule has 2 aliphatic rings. The number of ether oxygens (including phenoxy) is 1. The van der Waals surface area contributed by atoms with Crippen LogP contribution in [-0.2, 0) is 4.74 Å². The predicted octanol–water partition coefficient (Wildman–Crippen LogP) is 5.54. The van der Waals surface area contributed by atoms with Crippen molar-refractivity contribution in [3.05, 3.63) is 83.2 Å². The number of carbonyl (C=O) groups excluding carboxylic acids is 1. The standard InChI is InChI=1S/C23H19N3O2S/c1-15(16-9-5-3-6-10-16)25-26-23-24-21(14-29-23)19-13-20(22(27)28-2)18-12-8-4-7-11-17(18)19/h3-14H,1-2H3,(H,24,26)/b25-15+. The number of esters is 1. The maximum absolute atomic E-state index is 12.2. The third kappa shape index (κ3) is 3.88. The number of methoxy groups -OCH3 is 1. The van der Waals surface area contributed by atoms with Gasteiger partial charge < -0.3 is 4.74 Å². The third-order valence-corrected chi connectivity index (χ3v) is 5.35. The molecule has 4 rings (SSSR count). The van der Waals surface area contributed by atoms with Crippen molar-refractivity contribution in [2.24, 2.45) is 5.10 Å². The first-order chi connectivity index (χ1) is 14.2. The zero-order valence-electron chi connectivity index (χ0n) is 16.0. The van der Waals surface area contributed by atoms with Crippen LogP contribution >= 0.6 is 11.3 Å². The number of benzene rings is 1. The lowest BCUT2D eigenvalue weighted by Gasteiger charge is -2.01. The highest BCUT2D eigenvalue weighted by Crippen LogP contribution is 2.39. The molecule has 29 heavy (non-hydrogen) atoms. The minimum absolute atomic E-state index is 0.357. The van der Waals surface area contributed by atoms with E-state index in [9.17, 15) is 4.79 Å². The quantitative estimate of drug-likeness (QED) is 0.271. The Bertz CT molecular complexity index is 1150. The number of hydrazone groups is 1. The van der Waals surface area contributed by atoms with Gasteiger partial charge in [-0.25, -0.2) is 9.78 Å². The van der Waals surface area contributed by atoms with Gasteiger partial charge in [0, 0.05) is 10.9 Å². The van der Waals surface area contributed by atoms with Gasteiger partial charge in [-0.1, -0.05) is 60.7 Å². The van der Waals surface area contributed by atoms with Gasteiger partial charge in [0.1, 0.15) is 0 Å². The summed E-state index contributed by atoms with van der Waals surface area (Å²) in [6, 6.07) is 21.5. The lowest BCUT2D eigenvalue weighted by molar-refractivity contribution is 0.0602. The number of rotatable bonds is 5. The molecule has 0 saturated carbocycles. The van der Waals surface area contributed by atoms with Crippen LogP contribution in [0.15, 0.2) is 77.2 Å². The molecule has 0 radical (unpaired) electrons. The van der Waals surface area contributed by atoms with Crippen molar-refractivity contribution in [1.82, 2.24) is 4.98 Å². The van der Waals surface area contributed by atoms with Gasteiger partial charge in [0.05, 0.1) is 24.1 Å². The van der Waals surface area contributed by atoms with Crippen molar-refractivity contribution in [3.63, 3.8) is 0 Å². The molecule has 0 bridgehead atoms. The van der Waals surface area contributed by atoms with E-state index in [0.29, 0.717) is 10.7 Å². The summed E-state index contributed by atoms with van der Waals surface area (Å²) >= 11 is 1.47. The van der Waals surface area contributed by atoms with E-state index < -0.39 is 0 Å². The second-order valence-corrected chi connectivity index (χ2v) is 7.27. The van der Waals surface area contributed by atoms with Crippen molar-refractivity contribution in [3.8, 4) is 22.4 Å². The van der Waals surface area contributed by atoms with Crippen LogP contribution in [0, 0.1) is 0 Å². The number of thiazole rings is 1. The van der Waals surface area contributed by atoms with E-state index in [2.05, 4.69) is 15.5 Å².